The third kappa shape index (κ3) is 20.8. The van der Waals surface area contributed by atoms with Crippen LogP contribution >= 0.6 is 0 Å². The standard InChI is InChI=1S/C14H26O9.2Y/c1-9(15)5-20-13(17)22-11(3)7-19-8-12(4)23-14(18)21-6-10(2)16;;/h9-12,15-16H,5-8H2,1-4H3;;. The Morgan fingerprint density at radius 1 is 0.720 bits per heavy atom. The van der Waals surface area contributed by atoms with Crippen LogP contribution in [-0.2, 0) is 89.1 Å². The zero-order valence-electron chi connectivity index (χ0n) is 15.0. The van der Waals surface area contributed by atoms with Gasteiger partial charge < -0.3 is 33.9 Å². The van der Waals surface area contributed by atoms with Crippen molar-refractivity contribution >= 4 is 12.3 Å². The number of aliphatic hydroxyl groups is 2. The Hall–Kier alpha value is 0.628. The summed E-state index contributed by atoms with van der Waals surface area (Å²) >= 11 is 0. The topological polar surface area (TPSA) is 121 Å². The van der Waals surface area contributed by atoms with Crippen LogP contribution < -0.4 is 0 Å². The van der Waals surface area contributed by atoms with Gasteiger partial charge in [-0.05, 0) is 27.7 Å². The van der Waals surface area contributed by atoms with Gasteiger partial charge in [-0.2, -0.15) is 0 Å². The van der Waals surface area contributed by atoms with Gasteiger partial charge in [0.1, 0.15) is 25.4 Å². The number of aliphatic hydroxyl groups excluding tert-OH is 2. The molecule has 142 valence electrons. The van der Waals surface area contributed by atoms with Gasteiger partial charge in [-0.15, -0.1) is 0 Å². The van der Waals surface area contributed by atoms with Crippen LogP contribution in [0.1, 0.15) is 27.7 Å². The predicted molar refractivity (Wildman–Crippen MR) is 78.0 cm³/mol. The fourth-order valence-corrected chi connectivity index (χ4v) is 1.24. The molecule has 0 aromatic rings. The Labute approximate surface area is 198 Å². The molecule has 0 fully saturated rings. The fourth-order valence-electron chi connectivity index (χ4n) is 1.24. The maximum atomic E-state index is 11.2. The molecule has 0 aliphatic carbocycles. The largest absolute Gasteiger partial charge is 0.508 e. The quantitative estimate of drug-likeness (QED) is 0.407. The van der Waals surface area contributed by atoms with E-state index in [1.807, 2.05) is 0 Å². The summed E-state index contributed by atoms with van der Waals surface area (Å²) in [5.74, 6) is 0. The third-order valence-corrected chi connectivity index (χ3v) is 2.18. The Kier molecular flexibility index (Phi) is 21.9. The number of rotatable bonds is 10. The molecule has 2 radical (unpaired) electrons. The number of carbonyl (C=O) groups excluding carboxylic acids is 2. The van der Waals surface area contributed by atoms with Crippen LogP contribution in [0.4, 0.5) is 9.59 Å². The molecule has 0 heterocycles. The molecule has 9 nitrogen and oxygen atoms in total. The smallest absolute Gasteiger partial charge is 0.432 e. The van der Waals surface area contributed by atoms with E-state index in [0.717, 1.165) is 0 Å². The molecule has 0 bridgehead atoms. The average Bonchev–Trinajstić information content (AvgIpc) is 2.42. The number of hydrogen-bond acceptors (Lipinski definition) is 9. The SMILES string of the molecule is CC(O)COC(=O)OC(C)COCC(C)OC(=O)OCC(C)O.[Y].[Y]. The molecule has 4 atom stereocenters. The van der Waals surface area contributed by atoms with Crippen molar-refractivity contribution < 1.29 is 109 Å². The van der Waals surface area contributed by atoms with E-state index < -0.39 is 36.7 Å². The number of carbonyl (C=O) groups is 2. The maximum absolute atomic E-state index is 11.2. The molecule has 11 heteroatoms. The molecule has 0 aliphatic rings. The van der Waals surface area contributed by atoms with Crippen molar-refractivity contribution in [2.45, 2.75) is 52.1 Å². The minimum Gasteiger partial charge on any atom is -0.432 e. The zero-order valence-corrected chi connectivity index (χ0v) is 20.7. The van der Waals surface area contributed by atoms with E-state index in [-0.39, 0.29) is 91.8 Å². The second kappa shape index (κ2) is 18.0. The van der Waals surface area contributed by atoms with Crippen molar-refractivity contribution in [1.82, 2.24) is 0 Å². The monoisotopic (exact) mass is 516 g/mol. The molecule has 25 heavy (non-hydrogen) atoms. The fraction of sp³-hybridized carbons (Fsp3) is 0.857. The third-order valence-electron chi connectivity index (χ3n) is 2.18. The Morgan fingerprint density at radius 2 is 1.04 bits per heavy atom. The molecule has 4 unspecified atom stereocenters. The van der Waals surface area contributed by atoms with Gasteiger partial charge in [0.05, 0.1) is 25.4 Å². The van der Waals surface area contributed by atoms with E-state index >= 15 is 0 Å². The molecule has 0 rings (SSSR count). The molecule has 0 spiro atoms. The van der Waals surface area contributed by atoms with Crippen LogP contribution in [-0.4, -0.2) is 73.4 Å². The second-order valence-corrected chi connectivity index (χ2v) is 5.21. The van der Waals surface area contributed by atoms with Gasteiger partial charge in [-0.1, -0.05) is 0 Å². The first-order valence-corrected chi connectivity index (χ1v) is 7.31. The van der Waals surface area contributed by atoms with Crippen molar-refractivity contribution in [3.8, 4) is 0 Å². The number of ether oxygens (including phenoxy) is 5. The van der Waals surface area contributed by atoms with Gasteiger partial charge in [0.2, 0.25) is 0 Å². The summed E-state index contributed by atoms with van der Waals surface area (Å²) in [7, 11) is 0. The van der Waals surface area contributed by atoms with E-state index in [1.54, 1.807) is 13.8 Å². The zero-order chi connectivity index (χ0) is 17.8. The van der Waals surface area contributed by atoms with E-state index in [1.165, 1.54) is 13.8 Å². The van der Waals surface area contributed by atoms with Crippen molar-refractivity contribution in [3.05, 3.63) is 0 Å². The first-order chi connectivity index (χ1) is 10.7. The predicted octanol–water partition coefficient (Wildman–Crippen LogP) is 0.843. The van der Waals surface area contributed by atoms with Crippen LogP contribution in [0.3, 0.4) is 0 Å². The van der Waals surface area contributed by atoms with Crippen LogP contribution in [0.25, 0.3) is 0 Å². The maximum Gasteiger partial charge on any atom is 0.508 e. The molecule has 0 saturated heterocycles. The molecular weight excluding hydrogens is 490 g/mol. The molecule has 0 saturated carbocycles. The molecule has 0 aromatic heterocycles. The van der Waals surface area contributed by atoms with Crippen molar-refractivity contribution in [1.29, 1.82) is 0 Å². The molecule has 2 N–H and O–H groups in total. The molecule has 0 amide bonds. The Morgan fingerprint density at radius 3 is 1.32 bits per heavy atom. The van der Waals surface area contributed by atoms with E-state index in [0.29, 0.717) is 0 Å². The number of hydrogen-bond donors (Lipinski definition) is 2. The first kappa shape index (κ1) is 30.4. The van der Waals surface area contributed by atoms with Gasteiger partial charge in [0.15, 0.2) is 0 Å². The van der Waals surface area contributed by atoms with Crippen molar-refractivity contribution in [2.24, 2.45) is 0 Å². The second-order valence-electron chi connectivity index (χ2n) is 5.21. The normalized spacial score (nSPS) is 14.6. The van der Waals surface area contributed by atoms with Gasteiger partial charge >= 0.3 is 12.3 Å². The van der Waals surface area contributed by atoms with Gasteiger partial charge in [0.25, 0.3) is 0 Å². The average molecular weight is 516 g/mol. The van der Waals surface area contributed by atoms with Gasteiger partial charge in [-0.3, -0.25) is 0 Å². The minimum atomic E-state index is -0.895. The first-order valence-electron chi connectivity index (χ1n) is 7.31. The van der Waals surface area contributed by atoms with Crippen LogP contribution in [0, 0.1) is 0 Å². The van der Waals surface area contributed by atoms with E-state index in [4.69, 9.17) is 24.4 Å². The minimum absolute atomic E-state index is 0. The Bertz CT molecular complexity index is 321. The molecular formula is C14H26O9Y2. The van der Waals surface area contributed by atoms with Crippen molar-refractivity contribution in [2.75, 3.05) is 26.4 Å². The van der Waals surface area contributed by atoms with Gasteiger partial charge in [0, 0.05) is 65.4 Å². The van der Waals surface area contributed by atoms with Crippen LogP contribution in [0.2, 0.25) is 0 Å². The van der Waals surface area contributed by atoms with Crippen LogP contribution in [0.15, 0.2) is 0 Å². The van der Waals surface area contributed by atoms with E-state index in [2.05, 4.69) is 9.47 Å². The molecule has 0 aromatic carbocycles. The summed E-state index contributed by atoms with van der Waals surface area (Å²) in [6.07, 6.45) is -4.45. The summed E-state index contributed by atoms with van der Waals surface area (Å²) in [6.45, 7) is 6.04. The molecule has 0 aliphatic heterocycles. The summed E-state index contributed by atoms with van der Waals surface area (Å²) in [4.78, 5) is 22.4. The summed E-state index contributed by atoms with van der Waals surface area (Å²) < 4.78 is 24.2. The van der Waals surface area contributed by atoms with Crippen molar-refractivity contribution in [3.63, 3.8) is 0 Å². The summed E-state index contributed by atoms with van der Waals surface area (Å²) in [5, 5.41) is 17.9. The Balaban J connectivity index is -0.00000242. The summed E-state index contributed by atoms with van der Waals surface area (Å²) in [5.41, 5.74) is 0. The van der Waals surface area contributed by atoms with Crippen LogP contribution in [0.5, 0.6) is 0 Å². The van der Waals surface area contributed by atoms with E-state index in [9.17, 15) is 9.59 Å². The summed E-state index contributed by atoms with van der Waals surface area (Å²) in [6, 6.07) is 0. The van der Waals surface area contributed by atoms with Gasteiger partial charge in [-0.25, -0.2) is 9.59 Å².